The summed E-state index contributed by atoms with van der Waals surface area (Å²) in [5.74, 6) is -0.260. The lowest BCUT2D eigenvalue weighted by Gasteiger charge is -2.27. The lowest BCUT2D eigenvalue weighted by molar-refractivity contribution is -0.125. The Labute approximate surface area is 149 Å². The highest BCUT2D eigenvalue weighted by atomic mass is 16.6. The van der Waals surface area contributed by atoms with E-state index in [2.05, 4.69) is 18.2 Å². The molecule has 134 valence electrons. The Morgan fingerprint density at radius 2 is 2.00 bits per heavy atom. The molecule has 0 N–H and O–H groups in total. The highest BCUT2D eigenvalue weighted by Gasteiger charge is 2.52. The van der Waals surface area contributed by atoms with Gasteiger partial charge in [-0.05, 0) is 45.2 Å². The van der Waals surface area contributed by atoms with Crippen LogP contribution in [0.5, 0.6) is 0 Å². The number of aryl methyl sites for hydroxylation is 1. The Hall–Kier alpha value is -2.30. The molecule has 5 heteroatoms. The van der Waals surface area contributed by atoms with Crippen LogP contribution in [0.15, 0.2) is 30.0 Å². The summed E-state index contributed by atoms with van der Waals surface area (Å²) in [5, 5.41) is 0. The molecule has 2 aliphatic rings. The number of ether oxygens (including phenoxy) is 1. The van der Waals surface area contributed by atoms with Crippen LogP contribution in [0.1, 0.15) is 43.5 Å². The first-order valence-corrected chi connectivity index (χ1v) is 8.62. The second kappa shape index (κ2) is 5.90. The number of amides is 2. The minimum Gasteiger partial charge on any atom is -0.443 e. The zero-order valence-electron chi connectivity index (χ0n) is 15.8. The summed E-state index contributed by atoms with van der Waals surface area (Å²) in [5.41, 5.74) is 3.42. The van der Waals surface area contributed by atoms with Crippen molar-refractivity contribution in [3.63, 3.8) is 0 Å². The predicted octanol–water partition coefficient (Wildman–Crippen LogP) is 3.43. The highest BCUT2D eigenvalue weighted by Crippen LogP contribution is 2.50. The van der Waals surface area contributed by atoms with Crippen molar-refractivity contribution in [1.82, 2.24) is 9.80 Å². The van der Waals surface area contributed by atoms with E-state index >= 15 is 0 Å². The molecule has 5 nitrogen and oxygen atoms in total. The van der Waals surface area contributed by atoms with Gasteiger partial charge in [-0.1, -0.05) is 23.8 Å². The average Bonchev–Trinajstić information content (AvgIpc) is 2.93. The van der Waals surface area contributed by atoms with Crippen LogP contribution in [0.2, 0.25) is 0 Å². The van der Waals surface area contributed by atoms with E-state index in [0.29, 0.717) is 5.57 Å². The fourth-order valence-corrected chi connectivity index (χ4v) is 3.70. The summed E-state index contributed by atoms with van der Waals surface area (Å²) in [6.45, 7) is 7.46. The van der Waals surface area contributed by atoms with E-state index in [-0.39, 0.29) is 17.9 Å². The van der Waals surface area contributed by atoms with E-state index in [9.17, 15) is 9.59 Å². The highest BCUT2D eigenvalue weighted by molar-refractivity contribution is 6.06. The molecule has 25 heavy (non-hydrogen) atoms. The van der Waals surface area contributed by atoms with Crippen LogP contribution in [-0.4, -0.2) is 41.5 Å². The van der Waals surface area contributed by atoms with Crippen LogP contribution in [0, 0.1) is 12.8 Å². The number of benzene rings is 1. The minimum absolute atomic E-state index is 0.0146. The molecule has 0 radical (unpaired) electrons. The average molecular weight is 342 g/mol. The van der Waals surface area contributed by atoms with Gasteiger partial charge in [-0.3, -0.25) is 4.79 Å². The maximum absolute atomic E-state index is 13.0. The number of likely N-dealkylation sites (tertiary alicyclic amines) is 1. The number of fused-ring (bicyclic) bond motifs is 3. The molecular weight excluding hydrogens is 316 g/mol. The molecule has 3 rings (SSSR count). The van der Waals surface area contributed by atoms with E-state index in [0.717, 1.165) is 17.5 Å². The number of hydrogen-bond donors (Lipinski definition) is 0. The van der Waals surface area contributed by atoms with E-state index in [1.165, 1.54) is 10.5 Å². The van der Waals surface area contributed by atoms with Crippen LogP contribution >= 0.6 is 0 Å². The molecule has 1 aromatic carbocycles. The van der Waals surface area contributed by atoms with Gasteiger partial charge >= 0.3 is 6.09 Å². The number of carbonyl (C=O) groups excluding carboxylic acids is 2. The van der Waals surface area contributed by atoms with Crippen molar-refractivity contribution in [1.29, 1.82) is 0 Å². The summed E-state index contributed by atoms with van der Waals surface area (Å²) in [6.07, 6.45) is 2.04. The fourth-order valence-electron chi connectivity index (χ4n) is 3.70. The summed E-state index contributed by atoms with van der Waals surface area (Å²) in [7, 11) is 3.77. The van der Waals surface area contributed by atoms with Crippen LogP contribution in [0.25, 0.3) is 0 Å². The van der Waals surface area contributed by atoms with Crippen molar-refractivity contribution in [2.24, 2.45) is 5.92 Å². The molecule has 1 saturated heterocycles. The summed E-state index contributed by atoms with van der Waals surface area (Å²) in [4.78, 5) is 29.0. The third-order valence-corrected chi connectivity index (χ3v) is 4.57. The van der Waals surface area contributed by atoms with Crippen LogP contribution in [-0.2, 0) is 16.0 Å². The molecule has 1 aliphatic carbocycles. The molecular formula is C20H26N2O3. The van der Waals surface area contributed by atoms with Gasteiger partial charge in [-0.15, -0.1) is 0 Å². The third kappa shape index (κ3) is 3.15. The Morgan fingerprint density at radius 3 is 2.60 bits per heavy atom. The maximum Gasteiger partial charge on any atom is 0.417 e. The molecule has 2 amide bonds. The van der Waals surface area contributed by atoms with Gasteiger partial charge in [0.05, 0.1) is 6.04 Å². The maximum atomic E-state index is 13.0. The number of nitrogens with zero attached hydrogens (tertiary/aromatic N) is 2. The lowest BCUT2D eigenvalue weighted by Crippen LogP contribution is -2.39. The van der Waals surface area contributed by atoms with E-state index < -0.39 is 11.7 Å². The van der Waals surface area contributed by atoms with Crippen LogP contribution < -0.4 is 0 Å². The van der Waals surface area contributed by atoms with Gasteiger partial charge in [0.2, 0.25) is 0 Å². The molecule has 1 fully saturated rings. The number of hydrogen-bond acceptors (Lipinski definition) is 4. The Balaban J connectivity index is 2.07. The second-order valence-corrected chi connectivity index (χ2v) is 8.16. The monoisotopic (exact) mass is 342 g/mol. The van der Waals surface area contributed by atoms with Gasteiger partial charge < -0.3 is 9.64 Å². The summed E-state index contributed by atoms with van der Waals surface area (Å²) in [6, 6.07) is 6.00. The van der Waals surface area contributed by atoms with Crippen molar-refractivity contribution >= 4 is 12.0 Å². The minimum atomic E-state index is -0.644. The van der Waals surface area contributed by atoms with Crippen molar-refractivity contribution in [2.75, 3.05) is 14.1 Å². The Morgan fingerprint density at radius 1 is 1.32 bits per heavy atom. The van der Waals surface area contributed by atoms with E-state index in [1.54, 1.807) is 0 Å². The molecule has 0 bridgehead atoms. The second-order valence-electron chi connectivity index (χ2n) is 8.16. The number of imide groups is 1. The zero-order valence-corrected chi connectivity index (χ0v) is 15.8. The fraction of sp³-hybridized carbons (Fsp3) is 0.500. The summed E-state index contributed by atoms with van der Waals surface area (Å²) < 4.78 is 5.52. The third-order valence-electron chi connectivity index (χ3n) is 4.57. The Bertz CT molecular complexity index is 759. The van der Waals surface area contributed by atoms with Gasteiger partial charge in [0.25, 0.3) is 5.91 Å². The molecule has 1 aliphatic heterocycles. The Kier molecular flexibility index (Phi) is 4.13. The smallest absolute Gasteiger partial charge is 0.417 e. The molecule has 0 aromatic heterocycles. The van der Waals surface area contributed by atoms with Crippen molar-refractivity contribution in [3.05, 3.63) is 46.7 Å². The first kappa shape index (κ1) is 17.5. The van der Waals surface area contributed by atoms with Crippen molar-refractivity contribution in [2.45, 2.75) is 45.8 Å². The summed E-state index contributed by atoms with van der Waals surface area (Å²) >= 11 is 0. The normalized spacial score (nSPS) is 23.7. The van der Waals surface area contributed by atoms with Crippen LogP contribution in [0.4, 0.5) is 4.79 Å². The lowest BCUT2D eigenvalue weighted by atomic mass is 9.97. The van der Waals surface area contributed by atoms with Gasteiger partial charge in [-0.2, -0.15) is 0 Å². The molecule has 0 spiro atoms. The SMILES string of the molecule is Cc1ccc2c(c1)C1C(C2)/C(=C\N(C)C)C(=O)N1C(=O)OC(C)(C)C. The van der Waals surface area contributed by atoms with Crippen LogP contribution in [0.3, 0.4) is 0 Å². The van der Waals surface area contributed by atoms with Gasteiger partial charge in [0.1, 0.15) is 5.60 Å². The van der Waals surface area contributed by atoms with E-state index in [1.807, 2.05) is 52.9 Å². The first-order valence-electron chi connectivity index (χ1n) is 8.62. The van der Waals surface area contributed by atoms with Crippen molar-refractivity contribution in [3.8, 4) is 0 Å². The molecule has 2 atom stereocenters. The largest absolute Gasteiger partial charge is 0.443 e. The van der Waals surface area contributed by atoms with Crippen molar-refractivity contribution < 1.29 is 14.3 Å². The molecule has 2 unspecified atom stereocenters. The standard InChI is InChI=1S/C20H26N2O3/c1-12-7-8-13-10-15-16(11-21(5)6)18(23)22(17(15)14(13)9-12)19(24)25-20(2,3)4/h7-9,11,15,17H,10H2,1-6H3/b16-11+. The quantitative estimate of drug-likeness (QED) is 0.734. The topological polar surface area (TPSA) is 49.9 Å². The van der Waals surface area contributed by atoms with E-state index in [4.69, 9.17) is 4.74 Å². The molecule has 1 heterocycles. The van der Waals surface area contributed by atoms with Gasteiger partial charge in [0, 0.05) is 31.8 Å². The van der Waals surface area contributed by atoms with Gasteiger partial charge in [-0.25, -0.2) is 9.69 Å². The first-order chi connectivity index (χ1) is 11.6. The zero-order chi connectivity index (χ0) is 18.5. The molecule has 0 saturated carbocycles. The predicted molar refractivity (Wildman–Crippen MR) is 96.0 cm³/mol. The molecule has 1 aromatic rings. The number of rotatable bonds is 1. The van der Waals surface area contributed by atoms with Gasteiger partial charge in [0.15, 0.2) is 0 Å². The number of carbonyl (C=O) groups is 2.